The summed E-state index contributed by atoms with van der Waals surface area (Å²) in [5.41, 5.74) is 0. The van der Waals surface area contributed by atoms with Crippen molar-refractivity contribution < 1.29 is 22.1 Å². The molecule has 2 aromatic heterocycles. The molecule has 2 N–H and O–H groups in total. The van der Waals surface area contributed by atoms with Crippen molar-refractivity contribution in [2.24, 2.45) is 0 Å². The molecule has 10 heteroatoms. The number of hydrogen-bond donors (Lipinski definition) is 2. The Morgan fingerprint density at radius 3 is 2.90 bits per heavy atom. The zero-order valence-electron chi connectivity index (χ0n) is 11.4. The van der Waals surface area contributed by atoms with Crippen molar-refractivity contribution in [2.45, 2.75) is 18.2 Å². The summed E-state index contributed by atoms with van der Waals surface area (Å²) in [5.74, 6) is 0.762. The van der Waals surface area contributed by atoms with Crippen molar-refractivity contribution in [2.75, 3.05) is 20.3 Å². The van der Waals surface area contributed by atoms with E-state index in [1.165, 1.54) is 6.07 Å². The minimum Gasteiger partial charge on any atom is -0.447 e. The second-order valence-corrected chi connectivity index (χ2v) is 5.76. The molecular weight excluding hydrogens is 300 g/mol. The van der Waals surface area contributed by atoms with Gasteiger partial charge in [0.1, 0.15) is 5.76 Å². The van der Waals surface area contributed by atoms with Crippen molar-refractivity contribution in [3.8, 4) is 0 Å². The van der Waals surface area contributed by atoms with Gasteiger partial charge in [-0.2, -0.15) is 4.98 Å². The van der Waals surface area contributed by atoms with E-state index in [9.17, 15) is 8.42 Å². The molecule has 0 bridgehead atoms. The third-order valence-corrected chi connectivity index (χ3v) is 3.78. The molecule has 0 aromatic carbocycles. The Balaban J connectivity index is 1.89. The van der Waals surface area contributed by atoms with Gasteiger partial charge in [0.05, 0.1) is 19.7 Å². The molecule has 0 aliphatic heterocycles. The summed E-state index contributed by atoms with van der Waals surface area (Å²) in [6.07, 6.45) is 1.13. The number of nitrogens with one attached hydrogen (secondary N) is 2. The maximum Gasteiger partial charge on any atom is 0.274 e. The summed E-state index contributed by atoms with van der Waals surface area (Å²) < 4.78 is 41.0. The lowest BCUT2D eigenvalue weighted by atomic mass is 10.4. The summed E-state index contributed by atoms with van der Waals surface area (Å²) in [7, 11) is -2.14. The van der Waals surface area contributed by atoms with Crippen molar-refractivity contribution in [1.29, 1.82) is 0 Å². The summed E-state index contributed by atoms with van der Waals surface area (Å²) in [4.78, 5) is 3.72. The van der Waals surface area contributed by atoms with Gasteiger partial charge in [-0.3, -0.25) is 0 Å². The van der Waals surface area contributed by atoms with Crippen molar-refractivity contribution in [3.63, 3.8) is 0 Å². The quantitative estimate of drug-likeness (QED) is 0.614. The molecule has 0 aliphatic carbocycles. The van der Waals surface area contributed by atoms with E-state index in [2.05, 4.69) is 24.7 Å². The Morgan fingerprint density at radius 2 is 2.19 bits per heavy atom. The normalized spacial score (nSPS) is 11.9. The lowest BCUT2D eigenvalue weighted by molar-refractivity contribution is 0.198. The molecular formula is C11H16N4O5S. The molecule has 0 fully saturated rings. The number of sulfonamides is 1. The highest BCUT2D eigenvalue weighted by molar-refractivity contribution is 7.89. The zero-order chi connectivity index (χ0) is 15.1. The average Bonchev–Trinajstić information content (AvgIpc) is 3.13. The predicted octanol–water partition coefficient (Wildman–Crippen LogP) is -0.123. The molecule has 0 atom stereocenters. The highest BCUT2D eigenvalue weighted by Gasteiger charge is 2.19. The fourth-order valence-corrected chi connectivity index (χ4v) is 2.41. The van der Waals surface area contributed by atoms with E-state index in [1.807, 2.05) is 0 Å². The van der Waals surface area contributed by atoms with Crippen LogP contribution in [-0.4, -0.2) is 38.8 Å². The first-order valence-electron chi connectivity index (χ1n) is 6.15. The molecule has 116 valence electrons. The molecule has 2 rings (SSSR count). The molecule has 0 radical (unpaired) electrons. The van der Waals surface area contributed by atoms with Crippen LogP contribution in [0.4, 0.5) is 0 Å². The largest absolute Gasteiger partial charge is 0.447 e. The van der Waals surface area contributed by atoms with Crippen LogP contribution in [0.5, 0.6) is 0 Å². The van der Waals surface area contributed by atoms with Gasteiger partial charge >= 0.3 is 0 Å². The summed E-state index contributed by atoms with van der Waals surface area (Å²) in [5, 5.41) is 6.41. The Kier molecular flexibility index (Phi) is 5.44. The monoisotopic (exact) mass is 316 g/mol. The van der Waals surface area contributed by atoms with Crippen LogP contribution in [0.15, 0.2) is 32.6 Å². The second kappa shape index (κ2) is 7.31. The first kappa shape index (κ1) is 15.6. The first-order chi connectivity index (χ1) is 10.1. The number of nitrogens with zero attached hydrogens (tertiary/aromatic N) is 2. The van der Waals surface area contributed by atoms with Gasteiger partial charge < -0.3 is 19.0 Å². The van der Waals surface area contributed by atoms with Gasteiger partial charge in [-0.1, -0.05) is 5.16 Å². The molecule has 0 saturated heterocycles. The lowest BCUT2D eigenvalue weighted by Crippen LogP contribution is -2.23. The number of rotatable bonds is 9. The van der Waals surface area contributed by atoms with E-state index in [0.29, 0.717) is 25.5 Å². The van der Waals surface area contributed by atoms with Gasteiger partial charge in [0.15, 0.2) is 5.82 Å². The first-order valence-corrected chi connectivity index (χ1v) is 7.63. The predicted molar refractivity (Wildman–Crippen MR) is 70.6 cm³/mol. The number of methoxy groups -OCH3 is 1. The Morgan fingerprint density at radius 1 is 1.33 bits per heavy atom. The number of furan rings is 1. The van der Waals surface area contributed by atoms with E-state index in [4.69, 9.17) is 9.15 Å². The summed E-state index contributed by atoms with van der Waals surface area (Å²) in [6, 6.07) is 2.99. The Hall–Kier alpha value is -1.75. The molecule has 0 aliphatic rings. The molecule has 0 unspecified atom stereocenters. The fraction of sp³-hybridized carbons (Fsp3) is 0.455. The highest BCUT2D eigenvalue weighted by Crippen LogP contribution is 2.13. The number of aromatic nitrogens is 2. The Labute approximate surface area is 121 Å². The van der Waals surface area contributed by atoms with Gasteiger partial charge in [0.25, 0.3) is 10.0 Å². The van der Waals surface area contributed by atoms with Gasteiger partial charge in [-0.15, -0.1) is 0 Å². The van der Waals surface area contributed by atoms with Gasteiger partial charge in [-0.05, 0) is 12.1 Å². The third-order valence-electron chi connectivity index (χ3n) is 2.51. The van der Waals surface area contributed by atoms with Crippen LogP contribution in [0.1, 0.15) is 11.6 Å². The fourth-order valence-electron chi connectivity index (χ4n) is 1.48. The van der Waals surface area contributed by atoms with Crippen molar-refractivity contribution >= 4 is 10.0 Å². The maximum absolute atomic E-state index is 12.0. The van der Waals surface area contributed by atoms with Gasteiger partial charge in [-0.25, -0.2) is 13.1 Å². The summed E-state index contributed by atoms with van der Waals surface area (Å²) >= 11 is 0. The minimum absolute atomic E-state index is 0.0685. The molecule has 0 spiro atoms. The topological polar surface area (TPSA) is 119 Å². The van der Waals surface area contributed by atoms with Crippen LogP contribution in [0.2, 0.25) is 0 Å². The zero-order valence-corrected chi connectivity index (χ0v) is 12.2. The van der Waals surface area contributed by atoms with Crippen LogP contribution in [0.3, 0.4) is 0 Å². The lowest BCUT2D eigenvalue weighted by Gasteiger charge is -2.02. The number of hydrogen-bond acceptors (Lipinski definition) is 8. The van der Waals surface area contributed by atoms with Crippen LogP contribution < -0.4 is 10.0 Å². The molecule has 2 heterocycles. The number of ether oxygens (including phenoxy) is 1. The maximum atomic E-state index is 12.0. The van der Waals surface area contributed by atoms with Crippen molar-refractivity contribution in [3.05, 3.63) is 30.1 Å². The summed E-state index contributed by atoms with van der Waals surface area (Å²) in [6.45, 7) is 1.57. The molecule has 0 amide bonds. The van der Waals surface area contributed by atoms with E-state index in [1.54, 1.807) is 13.2 Å². The molecule has 9 nitrogen and oxygen atoms in total. The SMILES string of the molecule is COCCNCc1ccc(S(=O)(=O)NCc2ncon2)o1. The van der Waals surface area contributed by atoms with E-state index >= 15 is 0 Å². The highest BCUT2D eigenvalue weighted by atomic mass is 32.2. The molecule has 0 saturated carbocycles. The van der Waals surface area contributed by atoms with Crippen LogP contribution in [0.25, 0.3) is 0 Å². The third kappa shape index (κ3) is 4.63. The van der Waals surface area contributed by atoms with Gasteiger partial charge in [0.2, 0.25) is 11.5 Å². The average molecular weight is 316 g/mol. The van der Waals surface area contributed by atoms with Crippen molar-refractivity contribution in [1.82, 2.24) is 20.2 Å². The van der Waals surface area contributed by atoms with Crippen LogP contribution in [0, 0.1) is 0 Å². The van der Waals surface area contributed by atoms with Gasteiger partial charge in [0, 0.05) is 13.7 Å². The Bertz CT molecular complexity index is 637. The van der Waals surface area contributed by atoms with Crippen LogP contribution >= 0.6 is 0 Å². The van der Waals surface area contributed by atoms with E-state index in [-0.39, 0.29) is 17.5 Å². The van der Waals surface area contributed by atoms with Crippen LogP contribution in [-0.2, 0) is 27.8 Å². The minimum atomic E-state index is -3.74. The smallest absolute Gasteiger partial charge is 0.274 e. The standard InChI is InChI=1S/C11H16N4O5S/c1-18-5-4-12-6-9-2-3-11(20-9)21(16,17)14-7-10-13-8-19-15-10/h2-3,8,12,14H,4-7H2,1H3. The van der Waals surface area contributed by atoms with E-state index < -0.39 is 10.0 Å². The second-order valence-electron chi connectivity index (χ2n) is 4.06. The molecule has 21 heavy (non-hydrogen) atoms. The molecule has 2 aromatic rings. The van der Waals surface area contributed by atoms with E-state index in [0.717, 1.165) is 6.39 Å².